The second kappa shape index (κ2) is 6.35. The summed E-state index contributed by atoms with van der Waals surface area (Å²) in [4.78, 5) is 0. The van der Waals surface area contributed by atoms with Crippen LogP contribution in [0.2, 0.25) is 0 Å². The molecule has 4 N–H and O–H groups in total. The van der Waals surface area contributed by atoms with Crippen molar-refractivity contribution in [2.45, 2.75) is 39.3 Å². The topological polar surface area (TPSA) is 67.5 Å². The van der Waals surface area contributed by atoms with Crippen LogP contribution in [-0.4, -0.2) is 23.9 Å². The molecule has 0 radical (unpaired) electrons. The summed E-state index contributed by atoms with van der Waals surface area (Å²) in [6.45, 7) is 6.06. The Morgan fingerprint density at radius 2 is 2.12 bits per heavy atom. The Bertz CT molecular complexity index is 349. The molecule has 0 amide bonds. The lowest BCUT2D eigenvalue weighted by atomic mass is 10.2. The van der Waals surface area contributed by atoms with Crippen LogP contribution in [0, 0.1) is 0 Å². The van der Waals surface area contributed by atoms with E-state index in [9.17, 15) is 0 Å². The number of nitrogens with one attached hydrogen (secondary N) is 1. The second-order valence-corrected chi connectivity index (χ2v) is 4.35. The summed E-state index contributed by atoms with van der Waals surface area (Å²) in [5.74, 6) is 0.679. The van der Waals surface area contributed by atoms with E-state index in [-0.39, 0.29) is 18.8 Å². The van der Waals surface area contributed by atoms with E-state index < -0.39 is 0 Å². The molecule has 0 aliphatic carbocycles. The van der Waals surface area contributed by atoms with Gasteiger partial charge in [-0.25, -0.2) is 0 Å². The minimum absolute atomic E-state index is 0.0607. The van der Waals surface area contributed by atoms with Gasteiger partial charge < -0.3 is 20.9 Å². The summed E-state index contributed by atoms with van der Waals surface area (Å²) in [7, 11) is 0. The van der Waals surface area contributed by atoms with Crippen LogP contribution in [0.3, 0.4) is 0 Å². The van der Waals surface area contributed by atoms with Crippen LogP contribution in [0.25, 0.3) is 0 Å². The Morgan fingerprint density at radius 3 is 2.65 bits per heavy atom. The molecule has 0 saturated carbocycles. The van der Waals surface area contributed by atoms with Crippen molar-refractivity contribution in [3.63, 3.8) is 0 Å². The Hall–Kier alpha value is -1.42. The average Bonchev–Trinajstić information content (AvgIpc) is 2.29. The highest BCUT2D eigenvalue weighted by Gasteiger charge is 2.08. The Balaban J connectivity index is 2.80. The molecular weight excluding hydrogens is 216 g/mol. The summed E-state index contributed by atoms with van der Waals surface area (Å²) in [5, 5.41) is 12.4. The van der Waals surface area contributed by atoms with Gasteiger partial charge >= 0.3 is 0 Å². The number of benzene rings is 1. The molecule has 1 unspecified atom stereocenters. The number of hydrogen-bond acceptors (Lipinski definition) is 4. The van der Waals surface area contributed by atoms with E-state index in [4.69, 9.17) is 15.6 Å². The van der Waals surface area contributed by atoms with Crippen molar-refractivity contribution in [3.8, 4) is 5.75 Å². The maximum absolute atomic E-state index is 9.14. The molecule has 0 bridgehead atoms. The number of aliphatic hydroxyl groups excluding tert-OH is 1. The monoisotopic (exact) mass is 238 g/mol. The van der Waals surface area contributed by atoms with Gasteiger partial charge in [0.15, 0.2) is 0 Å². The second-order valence-electron chi connectivity index (χ2n) is 4.35. The van der Waals surface area contributed by atoms with Gasteiger partial charge in [-0.1, -0.05) is 6.92 Å². The van der Waals surface area contributed by atoms with Gasteiger partial charge in [0.1, 0.15) is 5.75 Å². The largest absolute Gasteiger partial charge is 0.489 e. The smallest absolute Gasteiger partial charge is 0.144 e. The molecule has 0 fully saturated rings. The van der Waals surface area contributed by atoms with Gasteiger partial charge in [-0.2, -0.15) is 0 Å². The Kier molecular flexibility index (Phi) is 5.10. The minimum Gasteiger partial charge on any atom is -0.489 e. The summed E-state index contributed by atoms with van der Waals surface area (Å²) in [5.41, 5.74) is 7.37. The third-order valence-corrected chi connectivity index (χ3v) is 2.46. The van der Waals surface area contributed by atoms with Crippen molar-refractivity contribution in [2.75, 3.05) is 17.7 Å². The highest BCUT2D eigenvalue weighted by molar-refractivity contribution is 5.61. The summed E-state index contributed by atoms with van der Waals surface area (Å²) in [6, 6.07) is 5.63. The van der Waals surface area contributed by atoms with Crippen LogP contribution in [0.1, 0.15) is 27.2 Å². The predicted molar refractivity (Wildman–Crippen MR) is 71.4 cm³/mol. The fourth-order valence-electron chi connectivity index (χ4n) is 1.49. The van der Waals surface area contributed by atoms with Gasteiger partial charge in [0.25, 0.3) is 0 Å². The molecule has 4 heteroatoms. The third kappa shape index (κ3) is 4.15. The van der Waals surface area contributed by atoms with Crippen LogP contribution >= 0.6 is 0 Å². The maximum Gasteiger partial charge on any atom is 0.144 e. The molecule has 1 aromatic carbocycles. The highest BCUT2D eigenvalue weighted by atomic mass is 16.5. The fraction of sp³-hybridized carbons (Fsp3) is 0.538. The van der Waals surface area contributed by atoms with E-state index in [1.54, 1.807) is 0 Å². The molecule has 0 aromatic heterocycles. The molecule has 1 atom stereocenters. The molecular formula is C13H22N2O2. The summed E-state index contributed by atoms with van der Waals surface area (Å²) in [6.07, 6.45) is 0.953. The van der Waals surface area contributed by atoms with E-state index in [0.717, 1.165) is 12.1 Å². The fourth-order valence-corrected chi connectivity index (χ4v) is 1.49. The number of nitrogen functional groups attached to an aromatic ring is 1. The van der Waals surface area contributed by atoms with Gasteiger partial charge in [0, 0.05) is 17.8 Å². The van der Waals surface area contributed by atoms with Crippen LogP contribution in [0.5, 0.6) is 5.75 Å². The highest BCUT2D eigenvalue weighted by Crippen LogP contribution is 2.27. The molecule has 4 nitrogen and oxygen atoms in total. The standard InChI is InChI=1S/C13H22N2O2/c1-4-10(8-16)15-11-5-6-12(14)13(7-11)17-9(2)3/h5-7,9-10,15-16H,4,8,14H2,1-3H3. The number of nitrogens with two attached hydrogens (primary N) is 1. The number of anilines is 2. The SMILES string of the molecule is CCC(CO)Nc1ccc(N)c(OC(C)C)c1. The molecule has 0 spiro atoms. The van der Waals surface area contributed by atoms with Crippen molar-refractivity contribution in [2.24, 2.45) is 0 Å². The first-order valence-electron chi connectivity index (χ1n) is 6.00. The quantitative estimate of drug-likeness (QED) is 0.665. The molecule has 0 saturated heterocycles. The van der Waals surface area contributed by atoms with Gasteiger partial charge in [-0.05, 0) is 32.4 Å². The average molecular weight is 238 g/mol. The molecule has 1 aromatic rings. The Labute approximate surface area is 103 Å². The summed E-state index contributed by atoms with van der Waals surface area (Å²) >= 11 is 0. The number of hydrogen-bond donors (Lipinski definition) is 3. The maximum atomic E-state index is 9.14. The van der Waals surface area contributed by atoms with E-state index in [0.29, 0.717) is 11.4 Å². The van der Waals surface area contributed by atoms with Crippen molar-refractivity contribution in [1.29, 1.82) is 0 Å². The van der Waals surface area contributed by atoms with Crippen LogP contribution < -0.4 is 15.8 Å². The predicted octanol–water partition coefficient (Wildman–Crippen LogP) is 2.24. The first kappa shape index (κ1) is 13.6. The van der Waals surface area contributed by atoms with Crippen LogP contribution in [0.4, 0.5) is 11.4 Å². The number of ether oxygens (including phenoxy) is 1. The van der Waals surface area contributed by atoms with E-state index >= 15 is 0 Å². The van der Waals surface area contributed by atoms with Crippen molar-refractivity contribution in [1.82, 2.24) is 0 Å². The van der Waals surface area contributed by atoms with Crippen molar-refractivity contribution < 1.29 is 9.84 Å². The molecule has 96 valence electrons. The van der Waals surface area contributed by atoms with Crippen LogP contribution in [-0.2, 0) is 0 Å². The first-order chi connectivity index (χ1) is 8.06. The minimum atomic E-state index is 0.0607. The summed E-state index contributed by atoms with van der Waals surface area (Å²) < 4.78 is 5.61. The molecule has 0 aliphatic rings. The van der Waals surface area contributed by atoms with E-state index in [1.165, 1.54) is 0 Å². The lowest BCUT2D eigenvalue weighted by molar-refractivity contribution is 0.244. The number of rotatable bonds is 6. The van der Waals surface area contributed by atoms with Crippen molar-refractivity contribution >= 4 is 11.4 Å². The third-order valence-electron chi connectivity index (χ3n) is 2.46. The normalized spacial score (nSPS) is 12.5. The number of aliphatic hydroxyl groups is 1. The molecule has 1 rings (SSSR count). The zero-order valence-corrected chi connectivity index (χ0v) is 10.7. The molecule has 0 heterocycles. The van der Waals surface area contributed by atoms with E-state index in [1.807, 2.05) is 39.0 Å². The Morgan fingerprint density at radius 1 is 1.41 bits per heavy atom. The van der Waals surface area contributed by atoms with Gasteiger partial charge in [-0.3, -0.25) is 0 Å². The van der Waals surface area contributed by atoms with Crippen LogP contribution in [0.15, 0.2) is 18.2 Å². The first-order valence-corrected chi connectivity index (χ1v) is 6.00. The lowest BCUT2D eigenvalue weighted by Crippen LogP contribution is -2.22. The molecule has 0 aliphatic heterocycles. The zero-order valence-electron chi connectivity index (χ0n) is 10.7. The zero-order chi connectivity index (χ0) is 12.8. The van der Waals surface area contributed by atoms with Gasteiger partial charge in [-0.15, -0.1) is 0 Å². The van der Waals surface area contributed by atoms with Gasteiger partial charge in [0.05, 0.1) is 18.4 Å². The van der Waals surface area contributed by atoms with Gasteiger partial charge in [0.2, 0.25) is 0 Å². The lowest BCUT2D eigenvalue weighted by Gasteiger charge is -2.18. The van der Waals surface area contributed by atoms with Crippen molar-refractivity contribution in [3.05, 3.63) is 18.2 Å². The molecule has 17 heavy (non-hydrogen) atoms. The van der Waals surface area contributed by atoms with E-state index in [2.05, 4.69) is 5.32 Å².